The van der Waals surface area contributed by atoms with Gasteiger partial charge in [0.05, 0.1) is 19.2 Å². The van der Waals surface area contributed by atoms with Crippen LogP contribution in [0.4, 0.5) is 5.69 Å². The van der Waals surface area contributed by atoms with E-state index in [2.05, 4.69) is 22.9 Å². The zero-order chi connectivity index (χ0) is 14.9. The Balaban J connectivity index is 2.12. The van der Waals surface area contributed by atoms with Gasteiger partial charge in [-0.15, -0.1) is 0 Å². The average Bonchev–Trinajstić information content (AvgIpc) is 2.84. The summed E-state index contributed by atoms with van der Waals surface area (Å²) >= 11 is 0. The van der Waals surface area contributed by atoms with Crippen LogP contribution in [0.15, 0.2) is 59.6 Å². The Morgan fingerprint density at radius 3 is 2.48 bits per heavy atom. The third-order valence-corrected chi connectivity index (χ3v) is 3.97. The van der Waals surface area contributed by atoms with Crippen LogP contribution in [0.25, 0.3) is 0 Å². The number of hydrogen-bond donors (Lipinski definition) is 1. The van der Waals surface area contributed by atoms with Gasteiger partial charge < -0.3 is 15.4 Å². The molecule has 1 unspecified atom stereocenters. The molecule has 0 amide bonds. The predicted octanol–water partition coefficient (Wildman–Crippen LogP) is 2.75. The summed E-state index contributed by atoms with van der Waals surface area (Å²) in [5.74, 6) is 1.39. The molecule has 3 rings (SSSR count). The molecule has 1 aliphatic rings. The fourth-order valence-corrected chi connectivity index (χ4v) is 2.92. The van der Waals surface area contributed by atoms with Gasteiger partial charge in [-0.05, 0) is 25.1 Å². The van der Waals surface area contributed by atoms with Crippen LogP contribution < -0.4 is 15.4 Å². The summed E-state index contributed by atoms with van der Waals surface area (Å²) in [5, 5.41) is 0. The third-order valence-electron chi connectivity index (χ3n) is 3.97. The van der Waals surface area contributed by atoms with Crippen LogP contribution in [0.2, 0.25) is 0 Å². The van der Waals surface area contributed by atoms with Crippen molar-refractivity contribution < 1.29 is 4.74 Å². The predicted molar refractivity (Wildman–Crippen MR) is 85.8 cm³/mol. The van der Waals surface area contributed by atoms with Crippen molar-refractivity contribution in [1.29, 1.82) is 0 Å². The minimum atomic E-state index is -0.349. The first kappa shape index (κ1) is 13.5. The molecule has 1 heterocycles. The van der Waals surface area contributed by atoms with E-state index in [1.165, 1.54) is 0 Å². The average molecular weight is 281 g/mol. The number of aliphatic imine (C=N–C) groups is 1. The van der Waals surface area contributed by atoms with Crippen molar-refractivity contribution in [3.63, 3.8) is 0 Å². The molecule has 0 bridgehead atoms. The SMILES string of the molecule is COc1ccccc1C1(C)CN=C(N)N1c1ccccc1. The molecule has 0 fully saturated rings. The molecule has 0 spiro atoms. The number of methoxy groups -OCH3 is 1. The molecule has 0 aliphatic carbocycles. The first-order chi connectivity index (χ1) is 10.2. The monoisotopic (exact) mass is 281 g/mol. The highest BCUT2D eigenvalue weighted by molar-refractivity contribution is 5.98. The van der Waals surface area contributed by atoms with Gasteiger partial charge in [-0.1, -0.05) is 36.4 Å². The van der Waals surface area contributed by atoms with Crippen LogP contribution >= 0.6 is 0 Å². The molecule has 21 heavy (non-hydrogen) atoms. The quantitative estimate of drug-likeness (QED) is 0.941. The number of guanidine groups is 1. The van der Waals surface area contributed by atoms with Crippen molar-refractivity contribution in [3.8, 4) is 5.75 Å². The van der Waals surface area contributed by atoms with Crippen LogP contribution in [0, 0.1) is 0 Å². The van der Waals surface area contributed by atoms with Crippen molar-refractivity contribution in [1.82, 2.24) is 0 Å². The Bertz CT molecular complexity index is 669. The molecule has 108 valence electrons. The fraction of sp³-hybridized carbons (Fsp3) is 0.235. The van der Waals surface area contributed by atoms with Gasteiger partial charge >= 0.3 is 0 Å². The smallest absolute Gasteiger partial charge is 0.196 e. The molecule has 1 aliphatic heterocycles. The van der Waals surface area contributed by atoms with Gasteiger partial charge in [0, 0.05) is 11.3 Å². The number of benzene rings is 2. The van der Waals surface area contributed by atoms with E-state index in [1.807, 2.05) is 48.5 Å². The molecule has 2 N–H and O–H groups in total. The van der Waals surface area contributed by atoms with Crippen LogP contribution in [0.5, 0.6) is 5.75 Å². The van der Waals surface area contributed by atoms with Crippen molar-refractivity contribution in [2.24, 2.45) is 10.7 Å². The molecule has 0 saturated heterocycles. The number of rotatable bonds is 3. The van der Waals surface area contributed by atoms with E-state index in [1.54, 1.807) is 7.11 Å². The summed E-state index contributed by atoms with van der Waals surface area (Å²) in [6, 6.07) is 18.1. The molecule has 4 heteroatoms. The Labute approximate surface area is 124 Å². The Morgan fingerprint density at radius 1 is 1.10 bits per heavy atom. The second-order valence-corrected chi connectivity index (χ2v) is 5.32. The van der Waals surface area contributed by atoms with E-state index in [-0.39, 0.29) is 5.54 Å². The van der Waals surface area contributed by atoms with Crippen LogP contribution in [0.3, 0.4) is 0 Å². The van der Waals surface area contributed by atoms with E-state index >= 15 is 0 Å². The molecular weight excluding hydrogens is 262 g/mol. The summed E-state index contributed by atoms with van der Waals surface area (Å²) in [4.78, 5) is 6.54. The van der Waals surface area contributed by atoms with E-state index in [4.69, 9.17) is 10.5 Å². The highest BCUT2D eigenvalue weighted by atomic mass is 16.5. The summed E-state index contributed by atoms with van der Waals surface area (Å²) in [6.45, 7) is 2.75. The van der Waals surface area contributed by atoms with Crippen molar-refractivity contribution in [2.45, 2.75) is 12.5 Å². The maximum atomic E-state index is 6.15. The van der Waals surface area contributed by atoms with Gasteiger partial charge in [0.2, 0.25) is 0 Å². The fourth-order valence-electron chi connectivity index (χ4n) is 2.92. The van der Waals surface area contributed by atoms with E-state index in [9.17, 15) is 0 Å². The molecule has 0 saturated carbocycles. The lowest BCUT2D eigenvalue weighted by atomic mass is 9.89. The molecule has 0 aromatic heterocycles. The van der Waals surface area contributed by atoms with E-state index in [0.717, 1.165) is 17.0 Å². The van der Waals surface area contributed by atoms with Gasteiger partial charge in [-0.2, -0.15) is 0 Å². The van der Waals surface area contributed by atoms with Crippen LogP contribution in [0.1, 0.15) is 12.5 Å². The zero-order valence-corrected chi connectivity index (χ0v) is 12.3. The topological polar surface area (TPSA) is 50.9 Å². The maximum absolute atomic E-state index is 6.15. The normalized spacial score (nSPS) is 21.2. The van der Waals surface area contributed by atoms with Crippen LogP contribution in [-0.4, -0.2) is 19.6 Å². The summed E-state index contributed by atoms with van der Waals surface area (Å²) in [7, 11) is 1.69. The highest BCUT2D eigenvalue weighted by Crippen LogP contribution is 2.40. The van der Waals surface area contributed by atoms with Crippen molar-refractivity contribution in [2.75, 3.05) is 18.6 Å². The van der Waals surface area contributed by atoms with E-state index < -0.39 is 0 Å². The lowest BCUT2D eigenvalue weighted by Crippen LogP contribution is -2.47. The first-order valence-electron chi connectivity index (χ1n) is 6.95. The largest absolute Gasteiger partial charge is 0.496 e. The molecule has 2 aromatic carbocycles. The molecular formula is C17H19N3O. The molecule has 1 atom stereocenters. The number of hydrogen-bond acceptors (Lipinski definition) is 4. The summed E-state index contributed by atoms with van der Waals surface area (Å²) in [6.07, 6.45) is 0. The van der Waals surface area contributed by atoms with Gasteiger partial charge in [-0.25, -0.2) is 0 Å². The minimum absolute atomic E-state index is 0.349. The number of nitrogens with zero attached hydrogens (tertiary/aromatic N) is 2. The summed E-state index contributed by atoms with van der Waals surface area (Å²) < 4.78 is 5.52. The lowest BCUT2D eigenvalue weighted by Gasteiger charge is -2.37. The third kappa shape index (κ3) is 2.13. The Hall–Kier alpha value is -2.49. The van der Waals surface area contributed by atoms with Crippen LogP contribution in [-0.2, 0) is 5.54 Å². The lowest BCUT2D eigenvalue weighted by molar-refractivity contribution is 0.393. The Morgan fingerprint density at radius 2 is 1.76 bits per heavy atom. The standard InChI is InChI=1S/C17H19N3O/c1-17(14-10-6-7-11-15(14)21-2)12-19-16(18)20(17)13-8-4-3-5-9-13/h3-11H,12H2,1-2H3,(H2,18,19). The van der Waals surface area contributed by atoms with Gasteiger partial charge in [0.25, 0.3) is 0 Å². The molecule has 4 nitrogen and oxygen atoms in total. The second kappa shape index (κ2) is 5.13. The number of para-hydroxylation sites is 2. The number of anilines is 1. The van der Waals surface area contributed by atoms with Gasteiger partial charge in [-0.3, -0.25) is 4.99 Å². The van der Waals surface area contributed by atoms with E-state index in [0.29, 0.717) is 12.5 Å². The zero-order valence-electron chi connectivity index (χ0n) is 12.3. The highest BCUT2D eigenvalue weighted by Gasteiger charge is 2.42. The van der Waals surface area contributed by atoms with Crippen molar-refractivity contribution >= 4 is 11.6 Å². The van der Waals surface area contributed by atoms with Gasteiger partial charge in [0.1, 0.15) is 5.75 Å². The molecule has 0 radical (unpaired) electrons. The minimum Gasteiger partial charge on any atom is -0.496 e. The first-order valence-corrected chi connectivity index (χ1v) is 6.95. The number of ether oxygens (including phenoxy) is 1. The van der Waals surface area contributed by atoms with Crippen molar-refractivity contribution in [3.05, 3.63) is 60.2 Å². The second-order valence-electron chi connectivity index (χ2n) is 5.32. The maximum Gasteiger partial charge on any atom is 0.196 e. The molecule has 2 aromatic rings. The van der Waals surface area contributed by atoms with Gasteiger partial charge in [0.15, 0.2) is 5.96 Å². The number of nitrogens with two attached hydrogens (primary N) is 1. The Kier molecular flexibility index (Phi) is 3.29. The summed E-state index contributed by atoms with van der Waals surface area (Å²) in [5.41, 5.74) is 7.92.